The Bertz CT molecular complexity index is 323. The lowest BCUT2D eigenvalue weighted by Gasteiger charge is -2.25. The number of aliphatic hydroxyl groups excluding tert-OH is 1. The smallest absolute Gasteiger partial charge is 0.0827 e. The molecule has 0 amide bonds. The summed E-state index contributed by atoms with van der Waals surface area (Å²) in [7, 11) is 2.14. The van der Waals surface area contributed by atoms with E-state index in [-0.39, 0.29) is 12.0 Å². The molecular formula is C16H27NO. The van der Waals surface area contributed by atoms with E-state index in [1.54, 1.807) is 0 Å². The molecule has 0 fully saturated rings. The van der Waals surface area contributed by atoms with Crippen LogP contribution in [-0.4, -0.2) is 30.1 Å². The van der Waals surface area contributed by atoms with Gasteiger partial charge in [0.2, 0.25) is 0 Å². The summed E-state index contributed by atoms with van der Waals surface area (Å²) in [6.45, 7) is 8.64. The van der Waals surface area contributed by atoms with E-state index in [1.807, 2.05) is 30.3 Å². The third-order valence-electron chi connectivity index (χ3n) is 3.37. The maximum atomic E-state index is 10.3. The van der Waals surface area contributed by atoms with Gasteiger partial charge in [-0.15, -0.1) is 0 Å². The number of nitrogens with zero attached hydrogens (tertiary/aromatic N) is 1. The van der Waals surface area contributed by atoms with Crippen molar-refractivity contribution in [3.05, 3.63) is 35.9 Å². The topological polar surface area (TPSA) is 23.5 Å². The second-order valence-electron chi connectivity index (χ2n) is 5.78. The molecule has 0 aliphatic carbocycles. The van der Waals surface area contributed by atoms with Gasteiger partial charge < -0.3 is 10.0 Å². The Morgan fingerprint density at radius 2 is 1.72 bits per heavy atom. The highest BCUT2D eigenvalue weighted by Gasteiger charge is 2.17. The van der Waals surface area contributed by atoms with E-state index in [0.717, 1.165) is 24.6 Å². The first-order valence-electron chi connectivity index (χ1n) is 6.92. The van der Waals surface area contributed by atoms with E-state index in [4.69, 9.17) is 0 Å². The van der Waals surface area contributed by atoms with Crippen molar-refractivity contribution in [2.24, 2.45) is 11.8 Å². The molecule has 2 nitrogen and oxygen atoms in total. The molecule has 102 valence electrons. The van der Waals surface area contributed by atoms with Crippen LogP contribution in [0.15, 0.2) is 30.3 Å². The van der Waals surface area contributed by atoms with Gasteiger partial charge in [0.05, 0.1) is 6.10 Å². The van der Waals surface area contributed by atoms with E-state index in [9.17, 15) is 5.11 Å². The lowest BCUT2D eigenvalue weighted by molar-refractivity contribution is 0.0939. The van der Waals surface area contributed by atoms with E-state index in [0.29, 0.717) is 0 Å². The molecule has 1 rings (SSSR count). The molecule has 1 N–H and O–H groups in total. The predicted molar refractivity (Wildman–Crippen MR) is 77.5 cm³/mol. The van der Waals surface area contributed by atoms with Crippen LogP contribution in [0.25, 0.3) is 0 Å². The van der Waals surface area contributed by atoms with Gasteiger partial charge in [-0.25, -0.2) is 0 Å². The predicted octanol–water partition coefficient (Wildman–Crippen LogP) is 3.33. The number of hydrogen-bond donors (Lipinski definition) is 1. The number of aliphatic hydroxyl groups is 1. The first kappa shape index (κ1) is 15.2. The summed E-state index contributed by atoms with van der Waals surface area (Å²) in [4.78, 5) is 2.32. The minimum atomic E-state index is -0.368. The molecule has 18 heavy (non-hydrogen) atoms. The maximum absolute atomic E-state index is 10.3. The van der Waals surface area contributed by atoms with Crippen molar-refractivity contribution in [2.45, 2.75) is 33.3 Å². The van der Waals surface area contributed by atoms with Crippen LogP contribution in [0.4, 0.5) is 0 Å². The molecule has 1 aromatic rings. The molecule has 0 spiro atoms. The summed E-state index contributed by atoms with van der Waals surface area (Å²) in [5.41, 5.74) is 1.02. The van der Waals surface area contributed by atoms with Crippen molar-refractivity contribution >= 4 is 0 Å². The van der Waals surface area contributed by atoms with Gasteiger partial charge in [-0.05, 0) is 37.4 Å². The van der Waals surface area contributed by atoms with E-state index in [2.05, 4.69) is 32.7 Å². The molecular weight excluding hydrogens is 222 g/mol. The fourth-order valence-corrected chi connectivity index (χ4v) is 2.14. The van der Waals surface area contributed by atoms with Gasteiger partial charge >= 0.3 is 0 Å². The molecule has 1 aromatic carbocycles. The molecule has 0 radical (unpaired) electrons. The van der Waals surface area contributed by atoms with Crippen LogP contribution in [-0.2, 0) is 0 Å². The Morgan fingerprint density at radius 1 is 1.11 bits per heavy atom. The zero-order chi connectivity index (χ0) is 13.5. The van der Waals surface area contributed by atoms with Crippen LogP contribution in [0.3, 0.4) is 0 Å². The quantitative estimate of drug-likeness (QED) is 0.801. The third kappa shape index (κ3) is 5.19. The summed E-state index contributed by atoms with van der Waals surface area (Å²) in [6, 6.07) is 9.93. The number of benzene rings is 1. The molecule has 2 heteroatoms. The van der Waals surface area contributed by atoms with Crippen LogP contribution < -0.4 is 0 Å². The first-order chi connectivity index (χ1) is 8.50. The fourth-order valence-electron chi connectivity index (χ4n) is 2.14. The van der Waals surface area contributed by atoms with Crippen LogP contribution >= 0.6 is 0 Å². The highest BCUT2D eigenvalue weighted by Crippen LogP contribution is 2.22. The van der Waals surface area contributed by atoms with Crippen molar-refractivity contribution in [1.82, 2.24) is 4.90 Å². The maximum Gasteiger partial charge on any atom is 0.0827 e. The average molecular weight is 249 g/mol. The standard InChI is InChI=1S/C16H27NO/c1-13(2)10-11-17(4)12-14(3)16(18)15-8-6-5-7-9-15/h5-9,13-14,16,18H,10-12H2,1-4H3. The molecule has 0 aromatic heterocycles. The second kappa shape index (κ2) is 7.55. The van der Waals surface area contributed by atoms with Gasteiger partial charge in [-0.1, -0.05) is 51.1 Å². The minimum absolute atomic E-state index is 0.254. The van der Waals surface area contributed by atoms with E-state index < -0.39 is 0 Å². The summed E-state index contributed by atoms with van der Waals surface area (Å²) in [5, 5.41) is 10.3. The van der Waals surface area contributed by atoms with Gasteiger partial charge in [-0.3, -0.25) is 0 Å². The van der Waals surface area contributed by atoms with Crippen molar-refractivity contribution in [2.75, 3.05) is 20.1 Å². The summed E-state index contributed by atoms with van der Waals surface area (Å²) >= 11 is 0. The molecule has 0 aliphatic heterocycles. The zero-order valence-electron chi connectivity index (χ0n) is 12.1. The average Bonchev–Trinajstić information content (AvgIpc) is 2.36. The van der Waals surface area contributed by atoms with Gasteiger partial charge in [0.15, 0.2) is 0 Å². The molecule has 0 heterocycles. The molecule has 0 aliphatic rings. The molecule has 2 atom stereocenters. The van der Waals surface area contributed by atoms with Crippen molar-refractivity contribution in [1.29, 1.82) is 0 Å². The summed E-state index contributed by atoms with van der Waals surface area (Å²) in [5.74, 6) is 0.992. The summed E-state index contributed by atoms with van der Waals surface area (Å²) in [6.07, 6.45) is 0.845. The highest BCUT2D eigenvalue weighted by molar-refractivity contribution is 5.17. The Balaban J connectivity index is 2.42. The van der Waals surface area contributed by atoms with Crippen LogP contribution in [0.1, 0.15) is 38.9 Å². The van der Waals surface area contributed by atoms with Crippen molar-refractivity contribution in [3.8, 4) is 0 Å². The molecule has 0 saturated heterocycles. The largest absolute Gasteiger partial charge is 0.388 e. The van der Waals surface area contributed by atoms with E-state index in [1.165, 1.54) is 6.42 Å². The molecule has 0 bridgehead atoms. The van der Waals surface area contributed by atoms with E-state index >= 15 is 0 Å². The SMILES string of the molecule is CC(C)CCN(C)CC(C)C(O)c1ccccc1. The Kier molecular flexibility index (Phi) is 6.37. The van der Waals surface area contributed by atoms with Gasteiger partial charge in [0, 0.05) is 6.54 Å². The first-order valence-corrected chi connectivity index (χ1v) is 6.92. The molecule has 2 unspecified atom stereocenters. The van der Waals surface area contributed by atoms with Crippen LogP contribution in [0.2, 0.25) is 0 Å². The molecule has 0 saturated carbocycles. The second-order valence-corrected chi connectivity index (χ2v) is 5.78. The van der Waals surface area contributed by atoms with Crippen LogP contribution in [0, 0.1) is 11.8 Å². The highest BCUT2D eigenvalue weighted by atomic mass is 16.3. The van der Waals surface area contributed by atoms with Gasteiger partial charge in [0.25, 0.3) is 0 Å². The number of hydrogen-bond acceptors (Lipinski definition) is 2. The zero-order valence-corrected chi connectivity index (χ0v) is 12.1. The van der Waals surface area contributed by atoms with Crippen molar-refractivity contribution < 1.29 is 5.11 Å². The Labute approximate surface area is 112 Å². The van der Waals surface area contributed by atoms with Crippen molar-refractivity contribution in [3.63, 3.8) is 0 Å². The third-order valence-corrected chi connectivity index (χ3v) is 3.37. The van der Waals surface area contributed by atoms with Gasteiger partial charge in [0.1, 0.15) is 0 Å². The Hall–Kier alpha value is -0.860. The lowest BCUT2D eigenvalue weighted by atomic mass is 9.97. The normalized spacial score (nSPS) is 15.1. The van der Waals surface area contributed by atoms with Crippen LogP contribution in [0.5, 0.6) is 0 Å². The van der Waals surface area contributed by atoms with Gasteiger partial charge in [-0.2, -0.15) is 0 Å². The fraction of sp³-hybridized carbons (Fsp3) is 0.625. The monoisotopic (exact) mass is 249 g/mol. The number of rotatable bonds is 7. The summed E-state index contributed by atoms with van der Waals surface area (Å²) < 4.78 is 0. The lowest BCUT2D eigenvalue weighted by Crippen LogP contribution is -2.29. The minimum Gasteiger partial charge on any atom is -0.388 e. The Morgan fingerprint density at radius 3 is 2.28 bits per heavy atom.